The second-order valence-corrected chi connectivity index (χ2v) is 4.08. The van der Waals surface area contributed by atoms with Gasteiger partial charge in [-0.05, 0) is 17.7 Å². The number of hydrogen-bond acceptors (Lipinski definition) is 3. The predicted octanol–water partition coefficient (Wildman–Crippen LogP) is 1.16. The van der Waals surface area contributed by atoms with Gasteiger partial charge in [-0.3, -0.25) is 0 Å². The predicted molar refractivity (Wildman–Crippen MR) is 73.6 cm³/mol. The molecule has 6 heteroatoms. The molecule has 2 amide bonds. The van der Waals surface area contributed by atoms with Crippen LogP contribution in [-0.2, 0) is 13.1 Å². The van der Waals surface area contributed by atoms with Crippen LogP contribution in [0.5, 0.6) is 0 Å². The van der Waals surface area contributed by atoms with E-state index in [2.05, 4.69) is 15.6 Å². The summed E-state index contributed by atoms with van der Waals surface area (Å²) >= 11 is 0. The number of amides is 2. The zero-order valence-corrected chi connectivity index (χ0v) is 10.5. The third-order valence-electron chi connectivity index (χ3n) is 2.66. The standard InChI is InChI=1S/C13H17N5O/c14-9-11-1-3-12(4-2-11)17-13(19)16-6-8-18-7-5-15-10-18/h1-5,7,10H,6,8-9,14H2,(H2,16,17,19). The normalized spacial score (nSPS) is 10.2. The first-order chi connectivity index (χ1) is 9.28. The molecule has 0 aliphatic rings. The number of urea groups is 1. The number of nitrogens with zero attached hydrogens (tertiary/aromatic N) is 2. The van der Waals surface area contributed by atoms with Crippen LogP contribution in [0.1, 0.15) is 5.56 Å². The molecule has 0 unspecified atom stereocenters. The summed E-state index contributed by atoms with van der Waals surface area (Å²) in [5.41, 5.74) is 7.29. The number of nitrogens with one attached hydrogen (secondary N) is 2. The largest absolute Gasteiger partial charge is 0.336 e. The monoisotopic (exact) mass is 259 g/mol. The van der Waals surface area contributed by atoms with Gasteiger partial charge in [-0.2, -0.15) is 0 Å². The molecule has 0 spiro atoms. The first-order valence-electron chi connectivity index (χ1n) is 6.07. The number of rotatable bonds is 5. The lowest BCUT2D eigenvalue weighted by Gasteiger charge is -2.08. The van der Waals surface area contributed by atoms with Crippen LogP contribution < -0.4 is 16.4 Å². The first kappa shape index (κ1) is 13.1. The summed E-state index contributed by atoms with van der Waals surface area (Å²) in [7, 11) is 0. The van der Waals surface area contributed by atoms with Crippen LogP contribution in [0.3, 0.4) is 0 Å². The Kier molecular flexibility index (Phi) is 4.52. The van der Waals surface area contributed by atoms with Crippen LogP contribution >= 0.6 is 0 Å². The van der Waals surface area contributed by atoms with Crippen molar-refractivity contribution in [1.82, 2.24) is 14.9 Å². The first-order valence-corrected chi connectivity index (χ1v) is 6.07. The smallest absolute Gasteiger partial charge is 0.319 e. The van der Waals surface area contributed by atoms with Gasteiger partial charge in [-0.15, -0.1) is 0 Å². The molecular weight excluding hydrogens is 242 g/mol. The van der Waals surface area contributed by atoms with Gasteiger partial charge in [0.1, 0.15) is 0 Å². The van der Waals surface area contributed by atoms with Gasteiger partial charge in [0.15, 0.2) is 0 Å². The van der Waals surface area contributed by atoms with Gasteiger partial charge in [0.05, 0.1) is 6.33 Å². The molecule has 1 heterocycles. The summed E-state index contributed by atoms with van der Waals surface area (Å²) in [6.45, 7) is 1.74. The molecule has 6 nitrogen and oxygen atoms in total. The van der Waals surface area contributed by atoms with E-state index in [9.17, 15) is 4.79 Å². The zero-order valence-electron chi connectivity index (χ0n) is 10.5. The Morgan fingerprint density at radius 3 is 2.74 bits per heavy atom. The number of carbonyl (C=O) groups is 1. The summed E-state index contributed by atoms with van der Waals surface area (Å²) in [4.78, 5) is 15.6. The molecule has 0 fully saturated rings. The third-order valence-corrected chi connectivity index (χ3v) is 2.66. The fourth-order valence-electron chi connectivity index (χ4n) is 1.62. The average molecular weight is 259 g/mol. The Balaban J connectivity index is 1.74. The van der Waals surface area contributed by atoms with Gasteiger partial charge in [-0.1, -0.05) is 12.1 Å². The van der Waals surface area contributed by atoms with E-state index in [1.807, 2.05) is 35.0 Å². The van der Waals surface area contributed by atoms with E-state index in [1.165, 1.54) is 0 Å². The SMILES string of the molecule is NCc1ccc(NC(=O)NCCn2ccnc2)cc1. The van der Waals surface area contributed by atoms with E-state index in [4.69, 9.17) is 5.73 Å². The molecule has 19 heavy (non-hydrogen) atoms. The maximum atomic E-state index is 11.6. The topological polar surface area (TPSA) is 85.0 Å². The third kappa shape index (κ3) is 4.11. The van der Waals surface area contributed by atoms with Crippen molar-refractivity contribution in [3.63, 3.8) is 0 Å². The average Bonchev–Trinajstić information content (AvgIpc) is 2.93. The number of hydrogen-bond donors (Lipinski definition) is 3. The van der Waals surface area contributed by atoms with Gasteiger partial charge in [0.2, 0.25) is 0 Å². The van der Waals surface area contributed by atoms with Crippen molar-refractivity contribution >= 4 is 11.7 Å². The Labute approximate surface area is 111 Å². The highest BCUT2D eigenvalue weighted by Gasteiger charge is 2.00. The second-order valence-electron chi connectivity index (χ2n) is 4.08. The van der Waals surface area contributed by atoms with Crippen molar-refractivity contribution in [1.29, 1.82) is 0 Å². The second kappa shape index (κ2) is 6.55. The number of anilines is 1. The highest BCUT2D eigenvalue weighted by Crippen LogP contribution is 2.08. The lowest BCUT2D eigenvalue weighted by Crippen LogP contribution is -2.31. The molecule has 0 bridgehead atoms. The highest BCUT2D eigenvalue weighted by atomic mass is 16.2. The van der Waals surface area contributed by atoms with Gasteiger partial charge in [0.25, 0.3) is 0 Å². The molecule has 1 aromatic carbocycles. The lowest BCUT2D eigenvalue weighted by atomic mass is 10.2. The van der Waals surface area contributed by atoms with Crippen molar-refractivity contribution in [2.24, 2.45) is 5.73 Å². The highest BCUT2D eigenvalue weighted by molar-refractivity contribution is 5.89. The van der Waals surface area contributed by atoms with Gasteiger partial charge in [0, 0.05) is 37.7 Å². The quantitative estimate of drug-likeness (QED) is 0.753. The minimum Gasteiger partial charge on any atom is -0.336 e. The zero-order chi connectivity index (χ0) is 13.5. The van der Waals surface area contributed by atoms with E-state index in [0.717, 1.165) is 11.3 Å². The molecule has 4 N–H and O–H groups in total. The van der Waals surface area contributed by atoms with Crippen molar-refractivity contribution < 1.29 is 4.79 Å². The van der Waals surface area contributed by atoms with E-state index < -0.39 is 0 Å². The fraction of sp³-hybridized carbons (Fsp3) is 0.231. The molecule has 100 valence electrons. The van der Waals surface area contributed by atoms with Crippen molar-refractivity contribution in [3.8, 4) is 0 Å². The molecule has 0 saturated heterocycles. The fourth-order valence-corrected chi connectivity index (χ4v) is 1.62. The maximum absolute atomic E-state index is 11.6. The molecule has 0 aliphatic carbocycles. The molecule has 2 rings (SSSR count). The summed E-state index contributed by atoms with van der Waals surface area (Å²) in [6, 6.07) is 7.22. The van der Waals surface area contributed by atoms with E-state index in [0.29, 0.717) is 19.6 Å². The summed E-state index contributed by atoms with van der Waals surface area (Å²) in [5, 5.41) is 5.53. The van der Waals surface area contributed by atoms with Crippen molar-refractivity contribution in [3.05, 3.63) is 48.5 Å². The van der Waals surface area contributed by atoms with E-state index in [1.54, 1.807) is 12.5 Å². The molecule has 1 aromatic heterocycles. The molecular formula is C13H17N5O. The minimum absolute atomic E-state index is 0.222. The van der Waals surface area contributed by atoms with Crippen LogP contribution in [0.15, 0.2) is 43.0 Å². The lowest BCUT2D eigenvalue weighted by molar-refractivity contribution is 0.251. The number of aromatic nitrogens is 2. The number of carbonyl (C=O) groups excluding carboxylic acids is 1. The Bertz CT molecular complexity index is 506. The number of nitrogens with two attached hydrogens (primary N) is 1. The van der Waals surface area contributed by atoms with Crippen LogP contribution in [0, 0.1) is 0 Å². The van der Waals surface area contributed by atoms with Crippen molar-refractivity contribution in [2.75, 3.05) is 11.9 Å². The maximum Gasteiger partial charge on any atom is 0.319 e. The van der Waals surface area contributed by atoms with Crippen LogP contribution in [0.25, 0.3) is 0 Å². The van der Waals surface area contributed by atoms with Gasteiger partial charge >= 0.3 is 6.03 Å². The molecule has 0 saturated carbocycles. The number of benzene rings is 1. The number of imidazole rings is 1. The summed E-state index contributed by atoms with van der Waals surface area (Å²) in [5.74, 6) is 0. The van der Waals surface area contributed by atoms with Crippen molar-refractivity contribution in [2.45, 2.75) is 13.1 Å². The molecule has 0 atom stereocenters. The minimum atomic E-state index is -0.222. The molecule has 0 aliphatic heterocycles. The van der Waals surface area contributed by atoms with Gasteiger partial charge in [-0.25, -0.2) is 9.78 Å². The Morgan fingerprint density at radius 2 is 2.11 bits per heavy atom. The summed E-state index contributed by atoms with van der Waals surface area (Å²) < 4.78 is 1.90. The van der Waals surface area contributed by atoms with Crippen LogP contribution in [0.2, 0.25) is 0 Å². The Hall–Kier alpha value is -2.34. The van der Waals surface area contributed by atoms with E-state index >= 15 is 0 Å². The Morgan fingerprint density at radius 1 is 1.32 bits per heavy atom. The van der Waals surface area contributed by atoms with Gasteiger partial charge < -0.3 is 20.9 Å². The molecule has 2 aromatic rings. The molecule has 0 radical (unpaired) electrons. The van der Waals surface area contributed by atoms with E-state index in [-0.39, 0.29) is 6.03 Å². The van der Waals surface area contributed by atoms with Crippen LogP contribution in [0.4, 0.5) is 10.5 Å². The van der Waals surface area contributed by atoms with Crippen LogP contribution in [-0.4, -0.2) is 22.1 Å². The summed E-state index contributed by atoms with van der Waals surface area (Å²) in [6.07, 6.45) is 5.27.